The van der Waals surface area contributed by atoms with Gasteiger partial charge in [0.25, 0.3) is 5.91 Å². The first kappa shape index (κ1) is 17.9. The second-order valence-corrected chi connectivity index (χ2v) is 6.92. The van der Waals surface area contributed by atoms with E-state index in [0.717, 1.165) is 11.3 Å². The minimum absolute atomic E-state index is 0.0960. The molecule has 0 radical (unpaired) electrons. The van der Waals surface area contributed by atoms with Crippen LogP contribution in [0.15, 0.2) is 71.4 Å². The normalized spacial score (nSPS) is 15.9. The molecule has 4 heteroatoms. The van der Waals surface area contributed by atoms with Crippen LogP contribution < -0.4 is 4.90 Å². The fourth-order valence-electron chi connectivity index (χ4n) is 3.25. The summed E-state index contributed by atoms with van der Waals surface area (Å²) >= 11 is 0. The maximum atomic E-state index is 13.2. The van der Waals surface area contributed by atoms with Gasteiger partial charge in [-0.05, 0) is 51.5 Å². The lowest BCUT2D eigenvalue weighted by atomic mass is 10.2. The van der Waals surface area contributed by atoms with Crippen molar-refractivity contribution in [2.45, 2.75) is 39.8 Å². The Morgan fingerprint density at radius 1 is 0.885 bits per heavy atom. The van der Waals surface area contributed by atoms with Gasteiger partial charge in [0, 0.05) is 12.1 Å². The first-order valence-electron chi connectivity index (χ1n) is 9.02. The predicted molar refractivity (Wildman–Crippen MR) is 108 cm³/mol. The Kier molecular flexibility index (Phi) is 5.21. The minimum atomic E-state index is -0.0960. The van der Waals surface area contributed by atoms with Crippen molar-refractivity contribution in [1.82, 2.24) is 4.90 Å². The number of carbonyl (C=O) groups is 1. The van der Waals surface area contributed by atoms with Gasteiger partial charge in [-0.1, -0.05) is 48.5 Å². The van der Waals surface area contributed by atoms with Crippen molar-refractivity contribution in [3.63, 3.8) is 0 Å². The molecule has 2 aromatic rings. The fourth-order valence-corrected chi connectivity index (χ4v) is 3.25. The fraction of sp³-hybridized carbons (Fsp3) is 0.273. The number of amides is 1. The molecule has 0 N–H and O–H groups in total. The zero-order chi connectivity index (χ0) is 18.7. The maximum Gasteiger partial charge on any atom is 0.283 e. The smallest absolute Gasteiger partial charge is 0.283 e. The van der Waals surface area contributed by atoms with Crippen LogP contribution in [0.4, 0.5) is 5.69 Å². The highest BCUT2D eigenvalue weighted by Gasteiger charge is 2.36. The van der Waals surface area contributed by atoms with Crippen LogP contribution in [0.1, 0.15) is 33.3 Å². The van der Waals surface area contributed by atoms with Crippen LogP contribution in [0.3, 0.4) is 0 Å². The van der Waals surface area contributed by atoms with Crippen LogP contribution in [0, 0.1) is 0 Å². The van der Waals surface area contributed by atoms with Gasteiger partial charge >= 0.3 is 0 Å². The first-order valence-corrected chi connectivity index (χ1v) is 9.02. The highest BCUT2D eigenvalue weighted by molar-refractivity contribution is 6.28. The number of hydrogen-bond acceptors (Lipinski definition) is 3. The Morgan fingerprint density at radius 3 is 1.96 bits per heavy atom. The molecule has 1 amide bonds. The van der Waals surface area contributed by atoms with Crippen LogP contribution in [-0.2, 0) is 4.79 Å². The van der Waals surface area contributed by atoms with Gasteiger partial charge in [-0.25, -0.2) is 9.89 Å². The topological polar surface area (TPSA) is 35.9 Å². The summed E-state index contributed by atoms with van der Waals surface area (Å²) in [7, 11) is 0. The third kappa shape index (κ3) is 3.54. The molecule has 1 aliphatic rings. The van der Waals surface area contributed by atoms with E-state index in [4.69, 9.17) is 4.99 Å². The van der Waals surface area contributed by atoms with Crippen molar-refractivity contribution in [3.05, 3.63) is 71.9 Å². The average Bonchev–Trinajstić information content (AvgIpc) is 2.92. The molecule has 0 aliphatic carbocycles. The van der Waals surface area contributed by atoms with E-state index in [9.17, 15) is 4.79 Å². The standard InChI is InChI=1S/C22H25N3O/c1-16(2)24(17(3)4)22-23-20(15-18-11-7-5-8-12-18)21(26)25(22)19-13-9-6-10-14-19/h5-17H,1-4H3/b20-15+. The lowest BCUT2D eigenvalue weighted by Crippen LogP contribution is -2.50. The number of rotatable bonds is 4. The van der Waals surface area contributed by atoms with E-state index in [-0.39, 0.29) is 18.0 Å². The van der Waals surface area contributed by atoms with Crippen molar-refractivity contribution in [2.24, 2.45) is 4.99 Å². The number of guanidine groups is 1. The number of benzene rings is 2. The highest BCUT2D eigenvalue weighted by atomic mass is 16.2. The van der Waals surface area contributed by atoms with E-state index in [1.54, 1.807) is 4.90 Å². The molecular weight excluding hydrogens is 322 g/mol. The molecule has 0 fully saturated rings. The molecule has 0 saturated heterocycles. The number of hydrogen-bond donors (Lipinski definition) is 0. The third-order valence-corrected chi connectivity index (χ3v) is 4.30. The molecule has 3 rings (SSSR count). The lowest BCUT2D eigenvalue weighted by molar-refractivity contribution is -0.113. The van der Waals surface area contributed by atoms with Crippen LogP contribution >= 0.6 is 0 Å². The molecule has 2 aromatic carbocycles. The highest BCUT2D eigenvalue weighted by Crippen LogP contribution is 2.28. The van der Waals surface area contributed by atoms with Crippen molar-refractivity contribution in [1.29, 1.82) is 0 Å². The van der Waals surface area contributed by atoms with Crippen molar-refractivity contribution in [3.8, 4) is 0 Å². The van der Waals surface area contributed by atoms with Crippen molar-refractivity contribution >= 4 is 23.6 Å². The Morgan fingerprint density at radius 2 is 1.42 bits per heavy atom. The van der Waals surface area contributed by atoms with E-state index in [2.05, 4.69) is 32.6 Å². The van der Waals surface area contributed by atoms with Crippen LogP contribution in [-0.4, -0.2) is 28.9 Å². The number of aliphatic imine (C=N–C) groups is 1. The zero-order valence-corrected chi connectivity index (χ0v) is 15.8. The molecule has 0 atom stereocenters. The molecule has 0 bridgehead atoms. The van der Waals surface area contributed by atoms with Gasteiger partial charge in [0.15, 0.2) is 0 Å². The Labute approximate surface area is 155 Å². The quantitative estimate of drug-likeness (QED) is 0.761. The molecule has 0 aromatic heterocycles. The van der Waals surface area contributed by atoms with Crippen LogP contribution in [0.2, 0.25) is 0 Å². The van der Waals surface area contributed by atoms with E-state index in [0.29, 0.717) is 11.7 Å². The maximum absolute atomic E-state index is 13.2. The van der Waals surface area contributed by atoms with Gasteiger partial charge in [0.1, 0.15) is 5.70 Å². The summed E-state index contributed by atoms with van der Waals surface area (Å²) in [5, 5.41) is 0. The molecule has 0 unspecified atom stereocenters. The monoisotopic (exact) mass is 347 g/mol. The van der Waals surface area contributed by atoms with E-state index in [1.165, 1.54) is 0 Å². The summed E-state index contributed by atoms with van der Waals surface area (Å²) in [6.07, 6.45) is 1.85. The van der Waals surface area contributed by atoms with E-state index in [1.807, 2.05) is 66.7 Å². The molecule has 0 spiro atoms. The number of anilines is 1. The molecule has 1 heterocycles. The van der Waals surface area contributed by atoms with Crippen molar-refractivity contribution < 1.29 is 4.79 Å². The molecule has 1 aliphatic heterocycles. The first-order chi connectivity index (χ1) is 12.5. The number of para-hydroxylation sites is 1. The summed E-state index contributed by atoms with van der Waals surface area (Å²) < 4.78 is 0. The Bertz CT molecular complexity index is 815. The molecule has 26 heavy (non-hydrogen) atoms. The molecule has 134 valence electrons. The van der Waals surface area contributed by atoms with E-state index >= 15 is 0 Å². The second kappa shape index (κ2) is 7.56. The summed E-state index contributed by atoms with van der Waals surface area (Å²) in [5.41, 5.74) is 2.26. The van der Waals surface area contributed by atoms with Gasteiger partial charge < -0.3 is 4.90 Å². The van der Waals surface area contributed by atoms with Crippen LogP contribution in [0.5, 0.6) is 0 Å². The molecular formula is C22H25N3O. The van der Waals surface area contributed by atoms with Crippen molar-refractivity contribution in [2.75, 3.05) is 4.90 Å². The summed E-state index contributed by atoms with van der Waals surface area (Å²) in [4.78, 5) is 21.8. The predicted octanol–water partition coefficient (Wildman–Crippen LogP) is 4.55. The molecule has 4 nitrogen and oxygen atoms in total. The second-order valence-electron chi connectivity index (χ2n) is 6.92. The largest absolute Gasteiger partial charge is 0.337 e. The number of nitrogens with zero attached hydrogens (tertiary/aromatic N) is 3. The van der Waals surface area contributed by atoms with Gasteiger partial charge in [-0.3, -0.25) is 4.79 Å². The Balaban J connectivity index is 2.10. The third-order valence-electron chi connectivity index (χ3n) is 4.30. The van der Waals surface area contributed by atoms with Gasteiger partial charge in [0.2, 0.25) is 5.96 Å². The van der Waals surface area contributed by atoms with E-state index < -0.39 is 0 Å². The summed E-state index contributed by atoms with van der Waals surface area (Å²) in [6.45, 7) is 8.48. The summed E-state index contributed by atoms with van der Waals surface area (Å²) in [6, 6.07) is 20.0. The molecule has 0 saturated carbocycles. The minimum Gasteiger partial charge on any atom is -0.337 e. The average molecular weight is 347 g/mol. The number of carbonyl (C=O) groups excluding carboxylic acids is 1. The Hall–Kier alpha value is -2.88. The van der Waals surface area contributed by atoms with Gasteiger partial charge in [0.05, 0.1) is 5.69 Å². The lowest BCUT2D eigenvalue weighted by Gasteiger charge is -2.35. The van der Waals surface area contributed by atoms with Gasteiger partial charge in [-0.2, -0.15) is 0 Å². The SMILES string of the molecule is CC(C)N(C1=N/C(=C/c2ccccc2)C(=O)N1c1ccccc1)C(C)C. The van der Waals surface area contributed by atoms with Gasteiger partial charge in [-0.15, -0.1) is 0 Å². The summed E-state index contributed by atoms with van der Waals surface area (Å²) in [5.74, 6) is 0.592. The van der Waals surface area contributed by atoms with Crippen LogP contribution in [0.25, 0.3) is 6.08 Å². The zero-order valence-electron chi connectivity index (χ0n) is 15.8.